The zero-order valence-corrected chi connectivity index (χ0v) is 33.0. The van der Waals surface area contributed by atoms with Crippen molar-refractivity contribution < 1.29 is 4.42 Å². The fourth-order valence-corrected chi connectivity index (χ4v) is 8.50. The van der Waals surface area contributed by atoms with Crippen molar-refractivity contribution in [3.63, 3.8) is 0 Å². The first-order valence-electron chi connectivity index (χ1n) is 20.1. The van der Waals surface area contributed by atoms with Crippen LogP contribution in [0.25, 0.3) is 77.2 Å². The Labute approximate surface area is 340 Å². The standard InChI is InChI=1S/C56H43NO/c1-56(2,3)43-32-27-40(28-33-43)45-19-7-10-24-51(45)57(44-34-29-38(30-35-44)42-31-36-54-50(37-42)48-21-9-12-26-53(48)58-54)52-25-11-8-20-47(52)49-23-14-18-41-17-13-22-46(55(41)49)39-15-5-4-6-16-39/h4-37H,1-3H3. The number of para-hydroxylation sites is 3. The van der Waals surface area contributed by atoms with Crippen LogP contribution in [-0.4, -0.2) is 0 Å². The van der Waals surface area contributed by atoms with E-state index in [0.717, 1.165) is 55.7 Å². The van der Waals surface area contributed by atoms with E-state index in [2.05, 4.69) is 220 Å². The molecule has 1 heterocycles. The summed E-state index contributed by atoms with van der Waals surface area (Å²) in [6.07, 6.45) is 0. The molecule has 10 aromatic rings. The molecule has 0 radical (unpaired) electrons. The molecule has 0 saturated heterocycles. The Bertz CT molecular complexity index is 3070. The zero-order valence-electron chi connectivity index (χ0n) is 33.0. The van der Waals surface area contributed by atoms with Crippen LogP contribution in [0.1, 0.15) is 26.3 Å². The van der Waals surface area contributed by atoms with Gasteiger partial charge in [-0.1, -0.05) is 185 Å². The molecule has 0 fully saturated rings. The van der Waals surface area contributed by atoms with Crippen molar-refractivity contribution in [2.24, 2.45) is 0 Å². The van der Waals surface area contributed by atoms with E-state index in [1.54, 1.807) is 0 Å². The number of fused-ring (bicyclic) bond motifs is 4. The maximum Gasteiger partial charge on any atom is 0.135 e. The second-order valence-corrected chi connectivity index (χ2v) is 16.1. The molecule has 0 bridgehead atoms. The Hall–Kier alpha value is -7.16. The predicted molar refractivity (Wildman–Crippen MR) is 246 cm³/mol. The van der Waals surface area contributed by atoms with E-state index in [9.17, 15) is 0 Å². The van der Waals surface area contributed by atoms with Crippen LogP contribution in [0.2, 0.25) is 0 Å². The minimum absolute atomic E-state index is 0.0665. The molecule has 10 rings (SSSR count). The van der Waals surface area contributed by atoms with Gasteiger partial charge in [-0.15, -0.1) is 0 Å². The average molecular weight is 746 g/mol. The lowest BCUT2D eigenvalue weighted by Crippen LogP contribution is -2.13. The van der Waals surface area contributed by atoms with Gasteiger partial charge in [0.15, 0.2) is 0 Å². The van der Waals surface area contributed by atoms with Gasteiger partial charge < -0.3 is 9.32 Å². The SMILES string of the molecule is CC(C)(C)c1ccc(-c2ccccc2N(c2ccc(-c3ccc4oc5ccccc5c4c3)cc2)c2ccccc2-c2cccc3cccc(-c4ccccc4)c23)cc1. The van der Waals surface area contributed by atoms with Gasteiger partial charge in [0.2, 0.25) is 0 Å². The molecule has 2 heteroatoms. The number of anilines is 3. The van der Waals surface area contributed by atoms with Gasteiger partial charge in [-0.05, 0) is 97.6 Å². The van der Waals surface area contributed by atoms with E-state index in [1.165, 1.54) is 44.2 Å². The summed E-state index contributed by atoms with van der Waals surface area (Å²) in [5, 5.41) is 4.72. The first-order chi connectivity index (χ1) is 28.4. The Balaban J connectivity index is 1.17. The Kier molecular flexibility index (Phi) is 8.76. The molecule has 0 aliphatic rings. The van der Waals surface area contributed by atoms with Gasteiger partial charge >= 0.3 is 0 Å². The highest BCUT2D eigenvalue weighted by molar-refractivity contribution is 6.09. The number of nitrogens with zero attached hydrogens (tertiary/aromatic N) is 1. The maximum atomic E-state index is 6.16. The number of rotatable bonds is 7. The van der Waals surface area contributed by atoms with Gasteiger partial charge in [0.25, 0.3) is 0 Å². The first-order valence-corrected chi connectivity index (χ1v) is 20.1. The summed E-state index contributed by atoms with van der Waals surface area (Å²) in [5.74, 6) is 0. The van der Waals surface area contributed by atoms with Gasteiger partial charge in [0, 0.05) is 27.6 Å². The minimum atomic E-state index is 0.0665. The van der Waals surface area contributed by atoms with Crippen LogP contribution < -0.4 is 4.90 Å². The molecule has 0 atom stereocenters. The summed E-state index contributed by atoms with van der Waals surface area (Å²) >= 11 is 0. The maximum absolute atomic E-state index is 6.16. The monoisotopic (exact) mass is 745 g/mol. The van der Waals surface area contributed by atoms with Crippen LogP contribution in [0.15, 0.2) is 211 Å². The highest BCUT2D eigenvalue weighted by Crippen LogP contribution is 2.47. The fourth-order valence-electron chi connectivity index (χ4n) is 8.50. The zero-order chi connectivity index (χ0) is 39.2. The van der Waals surface area contributed by atoms with Crippen LogP contribution in [0.4, 0.5) is 17.1 Å². The largest absolute Gasteiger partial charge is 0.456 e. The Morgan fingerprint density at radius 3 is 1.67 bits per heavy atom. The molecule has 0 aliphatic carbocycles. The van der Waals surface area contributed by atoms with E-state index in [-0.39, 0.29) is 5.41 Å². The molecule has 2 nitrogen and oxygen atoms in total. The van der Waals surface area contributed by atoms with Gasteiger partial charge in [-0.3, -0.25) is 0 Å². The van der Waals surface area contributed by atoms with E-state index >= 15 is 0 Å². The lowest BCUT2D eigenvalue weighted by atomic mass is 9.86. The van der Waals surface area contributed by atoms with Crippen molar-refractivity contribution in [3.8, 4) is 44.5 Å². The second kappa shape index (κ2) is 14.4. The van der Waals surface area contributed by atoms with Crippen molar-refractivity contribution in [2.45, 2.75) is 26.2 Å². The van der Waals surface area contributed by atoms with Crippen LogP contribution in [0.3, 0.4) is 0 Å². The van der Waals surface area contributed by atoms with E-state index in [4.69, 9.17) is 4.42 Å². The van der Waals surface area contributed by atoms with Crippen LogP contribution in [-0.2, 0) is 5.41 Å². The number of furan rings is 1. The summed E-state index contributed by atoms with van der Waals surface area (Å²) in [7, 11) is 0. The molecule has 0 unspecified atom stereocenters. The van der Waals surface area contributed by atoms with Crippen molar-refractivity contribution in [2.75, 3.05) is 4.90 Å². The highest BCUT2D eigenvalue weighted by Gasteiger charge is 2.23. The summed E-state index contributed by atoms with van der Waals surface area (Å²) in [6, 6.07) is 74.7. The van der Waals surface area contributed by atoms with Crippen LogP contribution >= 0.6 is 0 Å². The van der Waals surface area contributed by atoms with Crippen molar-refractivity contribution in [1.82, 2.24) is 0 Å². The lowest BCUT2D eigenvalue weighted by molar-refractivity contribution is 0.590. The molecule has 0 aliphatic heterocycles. The van der Waals surface area contributed by atoms with Crippen LogP contribution in [0.5, 0.6) is 0 Å². The summed E-state index contributed by atoms with van der Waals surface area (Å²) < 4.78 is 6.16. The molecule has 0 saturated carbocycles. The third-order valence-corrected chi connectivity index (χ3v) is 11.5. The smallest absolute Gasteiger partial charge is 0.135 e. The van der Waals surface area contributed by atoms with Crippen molar-refractivity contribution in [1.29, 1.82) is 0 Å². The highest BCUT2D eigenvalue weighted by atomic mass is 16.3. The summed E-state index contributed by atoms with van der Waals surface area (Å²) in [6.45, 7) is 6.80. The quantitative estimate of drug-likeness (QED) is 0.162. The first kappa shape index (κ1) is 35.3. The lowest BCUT2D eigenvalue weighted by Gasteiger charge is -2.30. The molecular formula is C56H43NO. The van der Waals surface area contributed by atoms with Crippen molar-refractivity contribution in [3.05, 3.63) is 212 Å². The van der Waals surface area contributed by atoms with Gasteiger partial charge in [-0.2, -0.15) is 0 Å². The van der Waals surface area contributed by atoms with E-state index in [1.807, 2.05) is 12.1 Å². The number of hydrogen-bond donors (Lipinski definition) is 0. The molecule has 58 heavy (non-hydrogen) atoms. The third-order valence-electron chi connectivity index (χ3n) is 11.5. The third kappa shape index (κ3) is 6.33. The molecule has 1 aromatic heterocycles. The predicted octanol–water partition coefficient (Wildman–Crippen LogP) is 16.2. The number of hydrogen-bond acceptors (Lipinski definition) is 2. The summed E-state index contributed by atoms with van der Waals surface area (Å²) in [5.41, 5.74) is 15.9. The molecule has 278 valence electrons. The van der Waals surface area contributed by atoms with Gasteiger partial charge in [0.05, 0.1) is 11.4 Å². The van der Waals surface area contributed by atoms with E-state index in [0.29, 0.717) is 0 Å². The normalized spacial score (nSPS) is 11.7. The summed E-state index contributed by atoms with van der Waals surface area (Å²) in [4.78, 5) is 2.45. The average Bonchev–Trinajstić information content (AvgIpc) is 3.65. The van der Waals surface area contributed by atoms with Crippen molar-refractivity contribution >= 4 is 49.8 Å². The fraction of sp³-hybridized carbons (Fsp3) is 0.0714. The molecular weight excluding hydrogens is 703 g/mol. The van der Waals surface area contributed by atoms with E-state index < -0.39 is 0 Å². The van der Waals surface area contributed by atoms with Gasteiger partial charge in [0.1, 0.15) is 11.2 Å². The Morgan fingerprint density at radius 2 is 0.931 bits per heavy atom. The minimum Gasteiger partial charge on any atom is -0.456 e. The Morgan fingerprint density at radius 1 is 0.379 bits per heavy atom. The topological polar surface area (TPSA) is 16.4 Å². The van der Waals surface area contributed by atoms with Crippen LogP contribution in [0, 0.1) is 0 Å². The molecule has 0 spiro atoms. The molecule has 9 aromatic carbocycles. The second-order valence-electron chi connectivity index (χ2n) is 16.1. The molecule has 0 amide bonds. The molecule has 0 N–H and O–H groups in total. The number of benzene rings is 9. The van der Waals surface area contributed by atoms with Gasteiger partial charge in [-0.25, -0.2) is 0 Å².